The molecule has 0 saturated carbocycles. The molecule has 0 aromatic rings. The van der Waals surface area contributed by atoms with Gasteiger partial charge in [-0.25, -0.2) is 0 Å². The summed E-state index contributed by atoms with van der Waals surface area (Å²) >= 11 is 0. The molecule has 1 aliphatic heterocycles. The Hall–Kier alpha value is -0.410. The van der Waals surface area contributed by atoms with Crippen LogP contribution in [0.2, 0.25) is 0 Å². The van der Waals surface area contributed by atoms with Crippen molar-refractivity contribution in [1.82, 2.24) is 0 Å². The second-order valence-electron chi connectivity index (χ2n) is 2.69. The summed E-state index contributed by atoms with van der Waals surface area (Å²) < 4.78 is 4.97. The van der Waals surface area contributed by atoms with Crippen LogP contribution in [-0.4, -0.2) is 23.7 Å². The van der Waals surface area contributed by atoms with E-state index in [-0.39, 0.29) is 5.92 Å². The van der Waals surface area contributed by atoms with Gasteiger partial charge in [-0.3, -0.25) is 0 Å². The molecule has 0 radical (unpaired) electrons. The maximum atomic E-state index is 9.18. The lowest BCUT2D eigenvalue weighted by Crippen LogP contribution is -2.33. The van der Waals surface area contributed by atoms with Gasteiger partial charge in [0.15, 0.2) is 6.29 Å². The predicted molar refractivity (Wildman–Crippen MR) is 38.1 cm³/mol. The molecule has 58 valence electrons. The first kappa shape index (κ1) is 7.69. The Labute approximate surface area is 60.5 Å². The van der Waals surface area contributed by atoms with Gasteiger partial charge in [0.2, 0.25) is 0 Å². The highest BCUT2D eigenvalue weighted by molar-refractivity contribution is 5.81. The molecule has 3 nitrogen and oxygen atoms in total. The number of rotatable bonds is 1. The van der Waals surface area contributed by atoms with E-state index in [2.05, 4.69) is 0 Å². The van der Waals surface area contributed by atoms with Gasteiger partial charge < -0.3 is 15.3 Å². The van der Waals surface area contributed by atoms with Gasteiger partial charge in [0.25, 0.3) is 0 Å². The maximum Gasteiger partial charge on any atom is 0.162 e. The molecule has 2 N–H and O–H groups in total. The highest BCUT2D eigenvalue weighted by Crippen LogP contribution is 2.19. The molecule has 0 amide bonds. The first-order chi connectivity index (χ1) is 4.72. The summed E-state index contributed by atoms with van der Waals surface area (Å²) in [5.41, 5.74) is 0.521. The molecule has 0 bridgehead atoms. The Morgan fingerprint density at radius 1 is 1.70 bits per heavy atom. The molecular weight excluding hydrogens is 130 g/mol. The van der Waals surface area contributed by atoms with E-state index in [0.717, 1.165) is 12.8 Å². The van der Waals surface area contributed by atoms with Gasteiger partial charge in [-0.2, -0.15) is 0 Å². The van der Waals surface area contributed by atoms with Crippen LogP contribution in [0, 0.1) is 11.3 Å². The normalized spacial score (nSPS) is 33.8. The van der Waals surface area contributed by atoms with E-state index in [0.29, 0.717) is 12.3 Å². The van der Waals surface area contributed by atoms with Gasteiger partial charge >= 0.3 is 0 Å². The van der Waals surface area contributed by atoms with E-state index in [1.807, 2.05) is 0 Å². The quantitative estimate of drug-likeness (QED) is 0.533. The number of hydrogen-bond donors (Lipinski definition) is 2. The highest BCUT2D eigenvalue weighted by Gasteiger charge is 2.24. The van der Waals surface area contributed by atoms with Crippen LogP contribution in [0.3, 0.4) is 0 Å². The molecule has 1 rings (SSSR count). The van der Waals surface area contributed by atoms with Crippen molar-refractivity contribution in [2.24, 2.45) is 5.92 Å². The fourth-order valence-electron chi connectivity index (χ4n) is 1.20. The predicted octanol–water partition coefficient (Wildman–Crippen LogP) is 0.771. The summed E-state index contributed by atoms with van der Waals surface area (Å²) in [5, 5.41) is 16.5. The number of nitrogens with one attached hydrogen (secondary N) is 1. The van der Waals surface area contributed by atoms with Crippen LogP contribution in [-0.2, 0) is 4.74 Å². The summed E-state index contributed by atoms with van der Waals surface area (Å²) in [7, 11) is 0. The van der Waals surface area contributed by atoms with Crippen LogP contribution in [0.4, 0.5) is 0 Å². The minimum atomic E-state index is -0.730. The molecule has 1 aliphatic rings. The summed E-state index contributed by atoms with van der Waals surface area (Å²) in [6, 6.07) is 0. The third-order valence-corrected chi connectivity index (χ3v) is 1.85. The number of hydrogen-bond acceptors (Lipinski definition) is 3. The highest BCUT2D eigenvalue weighted by atomic mass is 16.6. The Bertz CT molecular complexity index is 136. The maximum absolute atomic E-state index is 9.18. The van der Waals surface area contributed by atoms with E-state index < -0.39 is 6.29 Å². The minimum absolute atomic E-state index is 0.0613. The van der Waals surface area contributed by atoms with Crippen LogP contribution >= 0.6 is 0 Å². The van der Waals surface area contributed by atoms with Gasteiger partial charge in [0.05, 0.1) is 0 Å². The molecule has 3 heteroatoms. The van der Waals surface area contributed by atoms with E-state index in [4.69, 9.17) is 10.1 Å². The van der Waals surface area contributed by atoms with Crippen molar-refractivity contribution in [3.8, 4) is 0 Å². The lowest BCUT2D eigenvalue weighted by Gasteiger charge is -2.26. The van der Waals surface area contributed by atoms with Crippen LogP contribution in [0.1, 0.15) is 19.8 Å². The molecule has 0 spiro atoms. The van der Waals surface area contributed by atoms with Crippen molar-refractivity contribution in [3.63, 3.8) is 0 Å². The van der Waals surface area contributed by atoms with Crippen molar-refractivity contribution in [3.05, 3.63) is 0 Å². The standard InChI is InChI=1S/C7H13NO2/c1-5(8)6-3-2-4-10-7(6)9/h6-9H,2-4H2,1H3. The smallest absolute Gasteiger partial charge is 0.162 e. The summed E-state index contributed by atoms with van der Waals surface area (Å²) in [5.74, 6) is -0.0613. The van der Waals surface area contributed by atoms with E-state index in [9.17, 15) is 5.11 Å². The van der Waals surface area contributed by atoms with Crippen molar-refractivity contribution in [1.29, 1.82) is 5.41 Å². The zero-order valence-electron chi connectivity index (χ0n) is 6.13. The first-order valence-electron chi connectivity index (χ1n) is 3.56. The molecule has 1 heterocycles. The van der Waals surface area contributed by atoms with E-state index >= 15 is 0 Å². The fraction of sp³-hybridized carbons (Fsp3) is 0.857. The number of ether oxygens (including phenoxy) is 1. The van der Waals surface area contributed by atoms with Gasteiger partial charge in [-0.1, -0.05) is 0 Å². The summed E-state index contributed by atoms with van der Waals surface area (Å²) in [6.45, 7) is 2.34. The van der Waals surface area contributed by atoms with E-state index in [1.165, 1.54) is 0 Å². The lowest BCUT2D eigenvalue weighted by atomic mass is 9.96. The molecule has 0 aliphatic carbocycles. The average Bonchev–Trinajstić information content (AvgIpc) is 1.88. The van der Waals surface area contributed by atoms with Crippen molar-refractivity contribution >= 4 is 5.71 Å². The zero-order valence-corrected chi connectivity index (χ0v) is 6.13. The Morgan fingerprint density at radius 3 is 2.80 bits per heavy atom. The molecule has 2 unspecified atom stereocenters. The largest absolute Gasteiger partial charge is 0.367 e. The van der Waals surface area contributed by atoms with E-state index in [1.54, 1.807) is 6.92 Å². The topological polar surface area (TPSA) is 53.3 Å². The molecule has 1 fully saturated rings. The molecule has 1 saturated heterocycles. The van der Waals surface area contributed by atoms with Crippen molar-refractivity contribution in [2.75, 3.05) is 6.61 Å². The van der Waals surface area contributed by atoms with Crippen LogP contribution in [0.5, 0.6) is 0 Å². The third kappa shape index (κ3) is 1.55. The second-order valence-corrected chi connectivity index (χ2v) is 2.69. The summed E-state index contributed by atoms with van der Waals surface area (Å²) in [6.07, 6.45) is 1.11. The Kier molecular flexibility index (Phi) is 2.40. The minimum Gasteiger partial charge on any atom is -0.367 e. The first-order valence-corrected chi connectivity index (χ1v) is 3.56. The third-order valence-electron chi connectivity index (χ3n) is 1.85. The molecule has 2 atom stereocenters. The Morgan fingerprint density at radius 2 is 2.40 bits per heavy atom. The fourth-order valence-corrected chi connectivity index (χ4v) is 1.20. The summed E-state index contributed by atoms with van der Waals surface area (Å²) in [4.78, 5) is 0. The van der Waals surface area contributed by atoms with Crippen LogP contribution < -0.4 is 0 Å². The average molecular weight is 143 g/mol. The van der Waals surface area contributed by atoms with Crippen LogP contribution in [0.15, 0.2) is 0 Å². The molecule has 0 aromatic heterocycles. The molecule has 0 aromatic carbocycles. The van der Waals surface area contributed by atoms with Crippen LogP contribution in [0.25, 0.3) is 0 Å². The number of aliphatic hydroxyl groups is 1. The SMILES string of the molecule is CC(=N)C1CCCOC1O. The Balaban J connectivity index is 2.47. The van der Waals surface area contributed by atoms with Gasteiger partial charge in [-0.05, 0) is 19.8 Å². The van der Waals surface area contributed by atoms with Gasteiger partial charge in [0, 0.05) is 18.2 Å². The second kappa shape index (κ2) is 3.12. The zero-order chi connectivity index (χ0) is 7.56. The lowest BCUT2D eigenvalue weighted by molar-refractivity contribution is -0.141. The van der Waals surface area contributed by atoms with Crippen molar-refractivity contribution < 1.29 is 9.84 Å². The van der Waals surface area contributed by atoms with Crippen molar-refractivity contribution in [2.45, 2.75) is 26.1 Å². The molecule has 10 heavy (non-hydrogen) atoms. The van der Waals surface area contributed by atoms with Gasteiger partial charge in [-0.15, -0.1) is 0 Å². The molecular formula is C7H13NO2. The van der Waals surface area contributed by atoms with Gasteiger partial charge in [0.1, 0.15) is 0 Å². The monoisotopic (exact) mass is 143 g/mol. The number of aliphatic hydroxyl groups excluding tert-OH is 1.